The number of benzene rings is 2. The number of aromatic amines is 1. The van der Waals surface area contributed by atoms with Crippen LogP contribution in [0.4, 0.5) is 0 Å². The SMILES string of the molecule is CC[N+](CC)(CC)CCOc1ccc(-c2ccc3cc[nH]c3c2)cc1.[I-]. The van der Waals surface area contributed by atoms with Crippen molar-refractivity contribution >= 4 is 10.9 Å². The molecule has 0 aliphatic rings. The Morgan fingerprint density at radius 2 is 1.50 bits per heavy atom. The molecule has 2 aromatic carbocycles. The van der Waals surface area contributed by atoms with Crippen LogP contribution < -0.4 is 28.7 Å². The van der Waals surface area contributed by atoms with Crippen molar-refractivity contribution in [2.24, 2.45) is 0 Å². The second-order valence-corrected chi connectivity index (χ2v) is 6.67. The van der Waals surface area contributed by atoms with Crippen molar-refractivity contribution in [2.75, 3.05) is 32.8 Å². The number of halogens is 1. The first-order valence-corrected chi connectivity index (χ1v) is 9.35. The number of likely N-dealkylation sites (N-methyl/N-ethyl adjacent to an activating group) is 1. The lowest BCUT2D eigenvalue weighted by molar-refractivity contribution is -0.923. The molecule has 0 saturated heterocycles. The zero-order chi connectivity index (χ0) is 17.7. The van der Waals surface area contributed by atoms with Crippen LogP contribution in [0.1, 0.15) is 20.8 Å². The first kappa shape index (κ1) is 20.8. The van der Waals surface area contributed by atoms with E-state index in [9.17, 15) is 0 Å². The van der Waals surface area contributed by atoms with Crippen LogP contribution in [0.25, 0.3) is 22.0 Å². The summed E-state index contributed by atoms with van der Waals surface area (Å²) in [7, 11) is 0. The van der Waals surface area contributed by atoms with Gasteiger partial charge in [-0.25, -0.2) is 0 Å². The quantitative estimate of drug-likeness (QED) is 0.401. The summed E-state index contributed by atoms with van der Waals surface area (Å²) in [4.78, 5) is 3.27. The topological polar surface area (TPSA) is 25.0 Å². The summed E-state index contributed by atoms with van der Waals surface area (Å²) in [5.74, 6) is 0.950. The molecule has 0 atom stereocenters. The Morgan fingerprint density at radius 1 is 0.846 bits per heavy atom. The van der Waals surface area contributed by atoms with E-state index in [-0.39, 0.29) is 24.0 Å². The predicted octanol–water partition coefficient (Wildman–Crippen LogP) is 2.09. The normalized spacial score (nSPS) is 11.3. The molecule has 0 fully saturated rings. The van der Waals surface area contributed by atoms with Crippen molar-refractivity contribution in [1.82, 2.24) is 4.98 Å². The molecule has 26 heavy (non-hydrogen) atoms. The first-order valence-electron chi connectivity index (χ1n) is 9.35. The highest BCUT2D eigenvalue weighted by Gasteiger charge is 2.20. The first-order chi connectivity index (χ1) is 12.2. The molecule has 0 amide bonds. The molecule has 0 spiro atoms. The maximum atomic E-state index is 5.99. The monoisotopic (exact) mass is 464 g/mol. The Kier molecular flexibility index (Phi) is 7.53. The fraction of sp³-hybridized carbons (Fsp3) is 0.364. The minimum Gasteiger partial charge on any atom is -1.00 e. The van der Waals surface area contributed by atoms with Gasteiger partial charge in [0.05, 0.1) is 19.6 Å². The Morgan fingerprint density at radius 3 is 2.15 bits per heavy atom. The zero-order valence-corrected chi connectivity index (χ0v) is 18.1. The van der Waals surface area contributed by atoms with Crippen LogP contribution in [0.2, 0.25) is 0 Å². The summed E-state index contributed by atoms with van der Waals surface area (Å²) < 4.78 is 7.11. The van der Waals surface area contributed by atoms with Gasteiger partial charge in [-0.15, -0.1) is 0 Å². The van der Waals surface area contributed by atoms with E-state index >= 15 is 0 Å². The van der Waals surface area contributed by atoms with Gasteiger partial charge in [-0.05, 0) is 61.5 Å². The van der Waals surface area contributed by atoms with E-state index < -0.39 is 0 Å². The Labute approximate surface area is 174 Å². The van der Waals surface area contributed by atoms with Crippen molar-refractivity contribution in [1.29, 1.82) is 0 Å². The fourth-order valence-electron chi connectivity index (χ4n) is 3.47. The van der Waals surface area contributed by atoms with Gasteiger partial charge in [0.25, 0.3) is 0 Å². The largest absolute Gasteiger partial charge is 1.00 e. The lowest BCUT2D eigenvalue weighted by Crippen LogP contribution is -3.00. The zero-order valence-electron chi connectivity index (χ0n) is 16.0. The highest BCUT2D eigenvalue weighted by molar-refractivity contribution is 5.84. The molecule has 1 aromatic heterocycles. The van der Waals surface area contributed by atoms with E-state index in [2.05, 4.69) is 74.3 Å². The minimum absolute atomic E-state index is 0. The maximum absolute atomic E-state index is 5.99. The van der Waals surface area contributed by atoms with Crippen LogP contribution in [0.5, 0.6) is 5.75 Å². The summed E-state index contributed by atoms with van der Waals surface area (Å²) in [6.07, 6.45) is 1.98. The summed E-state index contributed by atoms with van der Waals surface area (Å²) >= 11 is 0. The molecule has 140 valence electrons. The van der Waals surface area contributed by atoms with Gasteiger partial charge < -0.3 is 38.2 Å². The van der Waals surface area contributed by atoms with E-state index in [0.29, 0.717) is 0 Å². The van der Waals surface area contributed by atoms with E-state index in [1.165, 1.54) is 22.0 Å². The van der Waals surface area contributed by atoms with Gasteiger partial charge in [0.1, 0.15) is 18.9 Å². The molecule has 0 unspecified atom stereocenters. The van der Waals surface area contributed by atoms with Gasteiger partial charge in [0, 0.05) is 11.7 Å². The van der Waals surface area contributed by atoms with Crippen LogP contribution in [0, 0.1) is 0 Å². The molecule has 1 N–H and O–H groups in total. The molecule has 3 nitrogen and oxygen atoms in total. The smallest absolute Gasteiger partial charge is 0.137 e. The lowest BCUT2D eigenvalue weighted by atomic mass is 10.0. The summed E-state index contributed by atoms with van der Waals surface area (Å²) in [6.45, 7) is 12.1. The molecule has 0 aliphatic heterocycles. The molecule has 0 aliphatic carbocycles. The highest BCUT2D eigenvalue weighted by atomic mass is 127. The summed E-state index contributed by atoms with van der Waals surface area (Å²) in [5.41, 5.74) is 3.61. The average molecular weight is 464 g/mol. The Balaban J connectivity index is 0.00000243. The molecule has 3 aromatic rings. The number of nitrogens with one attached hydrogen (secondary N) is 1. The van der Waals surface area contributed by atoms with Crippen LogP contribution in [0.15, 0.2) is 54.7 Å². The van der Waals surface area contributed by atoms with Crippen molar-refractivity contribution in [3.05, 3.63) is 54.7 Å². The average Bonchev–Trinajstić information content (AvgIpc) is 3.14. The predicted molar refractivity (Wildman–Crippen MR) is 106 cm³/mol. The maximum Gasteiger partial charge on any atom is 0.137 e. The number of fused-ring (bicyclic) bond motifs is 1. The Hall–Kier alpha value is -1.53. The van der Waals surface area contributed by atoms with E-state index in [1.54, 1.807) is 0 Å². The molecule has 3 rings (SSSR count). The van der Waals surface area contributed by atoms with Gasteiger partial charge in [0.15, 0.2) is 0 Å². The van der Waals surface area contributed by atoms with Crippen molar-refractivity contribution in [3.63, 3.8) is 0 Å². The number of H-pyrrole nitrogens is 1. The number of rotatable bonds is 8. The van der Waals surface area contributed by atoms with Crippen molar-refractivity contribution in [2.45, 2.75) is 20.8 Å². The van der Waals surface area contributed by atoms with Gasteiger partial charge in [-0.1, -0.05) is 24.3 Å². The molecule has 0 saturated carbocycles. The molecular formula is C22H29IN2O. The Bertz CT molecular complexity index is 798. The standard InChI is InChI=1S/C22H29N2O.HI/c1-4-24(5-2,6-3)15-16-25-21-11-9-18(10-12-21)20-8-7-19-13-14-23-22(19)17-20;/h7-14,17,23H,4-6,15-16H2,1-3H3;1H/q+1;/p-1. The van der Waals surface area contributed by atoms with Gasteiger partial charge in [-0.2, -0.15) is 0 Å². The third-order valence-electron chi connectivity index (χ3n) is 5.59. The van der Waals surface area contributed by atoms with Crippen LogP contribution in [-0.4, -0.2) is 42.3 Å². The number of hydrogen-bond donors (Lipinski definition) is 1. The van der Waals surface area contributed by atoms with Crippen LogP contribution in [0.3, 0.4) is 0 Å². The second kappa shape index (κ2) is 9.42. The molecule has 1 heterocycles. The van der Waals surface area contributed by atoms with Gasteiger partial charge >= 0.3 is 0 Å². The third kappa shape index (κ3) is 4.60. The van der Waals surface area contributed by atoms with Gasteiger partial charge in [0.2, 0.25) is 0 Å². The molecule has 4 heteroatoms. The number of nitrogens with zero attached hydrogens (tertiary/aromatic N) is 1. The number of quaternary nitrogens is 1. The number of hydrogen-bond acceptors (Lipinski definition) is 1. The summed E-state index contributed by atoms with van der Waals surface area (Å²) in [6, 6.07) is 17.0. The van der Waals surface area contributed by atoms with E-state index in [4.69, 9.17) is 4.74 Å². The fourth-order valence-corrected chi connectivity index (χ4v) is 3.47. The molecular weight excluding hydrogens is 435 g/mol. The van der Waals surface area contributed by atoms with Gasteiger partial charge in [-0.3, -0.25) is 0 Å². The minimum atomic E-state index is 0. The molecule has 0 radical (unpaired) electrons. The lowest BCUT2D eigenvalue weighted by Gasteiger charge is -2.35. The molecule has 0 bridgehead atoms. The van der Waals surface area contributed by atoms with E-state index in [1.807, 2.05) is 6.20 Å². The highest BCUT2D eigenvalue weighted by Crippen LogP contribution is 2.25. The number of ether oxygens (including phenoxy) is 1. The summed E-state index contributed by atoms with van der Waals surface area (Å²) in [5, 5.41) is 1.24. The van der Waals surface area contributed by atoms with Crippen LogP contribution >= 0.6 is 0 Å². The van der Waals surface area contributed by atoms with Crippen molar-refractivity contribution in [3.8, 4) is 16.9 Å². The van der Waals surface area contributed by atoms with Crippen molar-refractivity contribution < 1.29 is 33.2 Å². The van der Waals surface area contributed by atoms with E-state index in [0.717, 1.165) is 43.0 Å². The van der Waals surface area contributed by atoms with Crippen LogP contribution in [-0.2, 0) is 0 Å². The third-order valence-corrected chi connectivity index (χ3v) is 5.59. The number of aromatic nitrogens is 1. The second-order valence-electron chi connectivity index (χ2n) is 6.67.